The van der Waals surface area contributed by atoms with Crippen LogP contribution in [-0.2, 0) is 6.54 Å². The fourth-order valence-corrected chi connectivity index (χ4v) is 2.69. The average molecular weight is 293 g/mol. The summed E-state index contributed by atoms with van der Waals surface area (Å²) >= 11 is 0. The minimum atomic E-state index is 0.751. The van der Waals surface area contributed by atoms with E-state index in [-0.39, 0.29) is 0 Å². The van der Waals surface area contributed by atoms with E-state index in [0.29, 0.717) is 0 Å². The zero-order valence-corrected chi connectivity index (χ0v) is 12.0. The number of hydrogen-bond donors (Lipinski definition) is 4. The van der Waals surface area contributed by atoms with Gasteiger partial charge in [0.15, 0.2) is 0 Å². The van der Waals surface area contributed by atoms with Gasteiger partial charge in [0.2, 0.25) is 0 Å². The van der Waals surface area contributed by atoms with Crippen molar-refractivity contribution in [3.63, 3.8) is 0 Å². The van der Waals surface area contributed by atoms with E-state index < -0.39 is 0 Å². The predicted molar refractivity (Wildman–Crippen MR) is 85.1 cm³/mol. The normalized spacial score (nSPS) is 12.8. The standard InChI is InChI=1S/C15H15N7/c1-16-14-5-4-13(20-21-14)11-3-2-10(9-6-17-18-7-9)12-8-19-22-15(11)12/h2-7,19,22H,8H2,1H3,(H,16,21)(H,17,18). The molecule has 7 nitrogen and oxygen atoms in total. The van der Waals surface area contributed by atoms with Crippen molar-refractivity contribution in [2.24, 2.45) is 0 Å². The average Bonchev–Trinajstić information content (AvgIpc) is 3.25. The Labute approximate surface area is 127 Å². The zero-order chi connectivity index (χ0) is 14.9. The first-order valence-corrected chi connectivity index (χ1v) is 7.02. The van der Waals surface area contributed by atoms with Gasteiger partial charge in [0.05, 0.1) is 17.6 Å². The second-order valence-electron chi connectivity index (χ2n) is 5.03. The lowest BCUT2D eigenvalue weighted by Crippen LogP contribution is -2.11. The van der Waals surface area contributed by atoms with Crippen molar-refractivity contribution in [2.75, 3.05) is 17.8 Å². The highest BCUT2D eigenvalue weighted by Gasteiger charge is 2.20. The van der Waals surface area contributed by atoms with Crippen LogP contribution in [0.15, 0.2) is 36.7 Å². The van der Waals surface area contributed by atoms with Crippen molar-refractivity contribution in [3.05, 3.63) is 42.2 Å². The molecule has 0 saturated carbocycles. The smallest absolute Gasteiger partial charge is 0.148 e. The van der Waals surface area contributed by atoms with Crippen LogP contribution in [0, 0.1) is 0 Å². The molecular formula is C15H15N7. The molecule has 0 amide bonds. The van der Waals surface area contributed by atoms with Crippen LogP contribution in [0.3, 0.4) is 0 Å². The van der Waals surface area contributed by atoms with E-state index in [0.717, 1.165) is 40.4 Å². The topological polar surface area (TPSA) is 90.5 Å². The molecule has 0 unspecified atom stereocenters. The third kappa shape index (κ3) is 1.99. The van der Waals surface area contributed by atoms with Gasteiger partial charge in [0, 0.05) is 36.5 Å². The number of H-pyrrole nitrogens is 1. The minimum Gasteiger partial charge on any atom is -0.372 e. The van der Waals surface area contributed by atoms with Gasteiger partial charge in [-0.3, -0.25) is 5.10 Å². The van der Waals surface area contributed by atoms with E-state index in [4.69, 9.17) is 0 Å². The Morgan fingerprint density at radius 3 is 2.73 bits per heavy atom. The number of rotatable bonds is 3. The number of aromatic nitrogens is 4. The molecule has 0 saturated heterocycles. The summed E-state index contributed by atoms with van der Waals surface area (Å²) in [6.07, 6.45) is 3.73. The predicted octanol–water partition coefficient (Wildman–Crippen LogP) is 2.01. The quantitative estimate of drug-likeness (QED) is 0.590. The molecule has 0 radical (unpaired) electrons. The summed E-state index contributed by atoms with van der Waals surface area (Å²) in [5, 5.41) is 18.3. The number of anilines is 2. The van der Waals surface area contributed by atoms with E-state index in [2.05, 4.69) is 48.7 Å². The number of nitrogens with one attached hydrogen (secondary N) is 4. The maximum Gasteiger partial charge on any atom is 0.148 e. The number of fused-ring (bicyclic) bond motifs is 1. The van der Waals surface area contributed by atoms with Gasteiger partial charge in [-0.25, -0.2) is 5.43 Å². The maximum atomic E-state index is 4.29. The van der Waals surface area contributed by atoms with Gasteiger partial charge in [-0.1, -0.05) is 6.07 Å². The second-order valence-corrected chi connectivity index (χ2v) is 5.03. The molecule has 1 aliphatic rings. The van der Waals surface area contributed by atoms with Crippen molar-refractivity contribution in [1.29, 1.82) is 0 Å². The third-order valence-electron chi connectivity index (χ3n) is 3.80. The summed E-state index contributed by atoms with van der Waals surface area (Å²) in [5.41, 5.74) is 12.8. The first-order chi connectivity index (χ1) is 10.9. The van der Waals surface area contributed by atoms with Crippen LogP contribution < -0.4 is 16.2 Å². The maximum absolute atomic E-state index is 4.29. The van der Waals surface area contributed by atoms with Crippen molar-refractivity contribution in [2.45, 2.75) is 6.54 Å². The largest absolute Gasteiger partial charge is 0.372 e. The van der Waals surface area contributed by atoms with Crippen LogP contribution >= 0.6 is 0 Å². The van der Waals surface area contributed by atoms with Gasteiger partial charge >= 0.3 is 0 Å². The fourth-order valence-electron chi connectivity index (χ4n) is 2.69. The SMILES string of the molecule is CNc1ccc(-c2ccc(-c3cn[nH]c3)c3c2NNC3)nn1. The van der Waals surface area contributed by atoms with Gasteiger partial charge in [0.25, 0.3) is 0 Å². The Kier molecular flexibility index (Phi) is 2.97. The Morgan fingerprint density at radius 1 is 1.09 bits per heavy atom. The van der Waals surface area contributed by atoms with Crippen molar-refractivity contribution < 1.29 is 0 Å². The van der Waals surface area contributed by atoms with Crippen LogP contribution in [0.1, 0.15) is 5.56 Å². The highest BCUT2D eigenvalue weighted by atomic mass is 15.4. The molecule has 7 heteroatoms. The van der Waals surface area contributed by atoms with Crippen LogP contribution in [0.4, 0.5) is 11.5 Å². The number of hydrogen-bond acceptors (Lipinski definition) is 6. The first-order valence-electron chi connectivity index (χ1n) is 7.02. The van der Waals surface area contributed by atoms with Gasteiger partial charge < -0.3 is 10.7 Å². The third-order valence-corrected chi connectivity index (χ3v) is 3.80. The molecule has 4 rings (SSSR count). The molecule has 0 aliphatic carbocycles. The minimum absolute atomic E-state index is 0.751. The van der Waals surface area contributed by atoms with Crippen LogP contribution in [-0.4, -0.2) is 27.4 Å². The van der Waals surface area contributed by atoms with Crippen LogP contribution in [0.25, 0.3) is 22.4 Å². The van der Waals surface area contributed by atoms with Crippen molar-refractivity contribution in [3.8, 4) is 22.4 Å². The molecule has 22 heavy (non-hydrogen) atoms. The molecule has 1 aliphatic heterocycles. The number of hydrazine groups is 1. The molecule has 0 atom stereocenters. The number of benzene rings is 1. The van der Waals surface area contributed by atoms with E-state index in [1.165, 1.54) is 5.56 Å². The van der Waals surface area contributed by atoms with Crippen LogP contribution in [0.5, 0.6) is 0 Å². The summed E-state index contributed by atoms with van der Waals surface area (Å²) in [6.45, 7) is 0.756. The van der Waals surface area contributed by atoms with E-state index in [9.17, 15) is 0 Å². The van der Waals surface area contributed by atoms with E-state index in [1.807, 2.05) is 31.6 Å². The molecule has 1 aromatic carbocycles. The summed E-state index contributed by atoms with van der Waals surface area (Å²) in [5.74, 6) is 0.751. The molecule has 110 valence electrons. The van der Waals surface area contributed by atoms with Gasteiger partial charge in [0.1, 0.15) is 5.82 Å². The Bertz CT molecular complexity index is 794. The molecule has 0 spiro atoms. The molecule has 2 aromatic heterocycles. The van der Waals surface area contributed by atoms with Gasteiger partial charge in [-0.2, -0.15) is 5.10 Å². The summed E-state index contributed by atoms with van der Waals surface area (Å²) in [7, 11) is 1.83. The molecule has 3 aromatic rings. The number of aromatic amines is 1. The Morgan fingerprint density at radius 2 is 2.00 bits per heavy atom. The summed E-state index contributed by atoms with van der Waals surface area (Å²) in [6, 6.07) is 8.04. The highest BCUT2D eigenvalue weighted by molar-refractivity contribution is 5.86. The molecular weight excluding hydrogens is 278 g/mol. The Balaban J connectivity index is 1.83. The zero-order valence-electron chi connectivity index (χ0n) is 12.0. The molecule has 0 fully saturated rings. The van der Waals surface area contributed by atoms with Crippen molar-refractivity contribution >= 4 is 11.5 Å². The number of nitrogens with zero attached hydrogens (tertiary/aromatic N) is 3. The monoisotopic (exact) mass is 293 g/mol. The second kappa shape index (κ2) is 5.12. The van der Waals surface area contributed by atoms with Gasteiger partial charge in [-0.15, -0.1) is 10.2 Å². The first kappa shape index (κ1) is 12.8. The van der Waals surface area contributed by atoms with Crippen LogP contribution in [0.2, 0.25) is 0 Å². The van der Waals surface area contributed by atoms with Crippen molar-refractivity contribution in [1.82, 2.24) is 25.8 Å². The molecule has 4 N–H and O–H groups in total. The lowest BCUT2D eigenvalue weighted by atomic mass is 9.96. The van der Waals surface area contributed by atoms with E-state index in [1.54, 1.807) is 0 Å². The van der Waals surface area contributed by atoms with E-state index >= 15 is 0 Å². The molecule has 3 heterocycles. The highest BCUT2D eigenvalue weighted by Crippen LogP contribution is 2.38. The molecule has 0 bridgehead atoms. The lowest BCUT2D eigenvalue weighted by Gasteiger charge is -2.11. The lowest BCUT2D eigenvalue weighted by molar-refractivity contribution is 0.861. The Hall–Kier alpha value is -2.93. The van der Waals surface area contributed by atoms with Gasteiger partial charge in [-0.05, 0) is 23.8 Å². The summed E-state index contributed by atoms with van der Waals surface area (Å²) in [4.78, 5) is 0. The fraction of sp³-hybridized carbons (Fsp3) is 0.133. The summed E-state index contributed by atoms with van der Waals surface area (Å²) < 4.78 is 0.